The van der Waals surface area contributed by atoms with Gasteiger partial charge in [0, 0.05) is 44.7 Å². The molecule has 23 heavy (non-hydrogen) atoms. The van der Waals surface area contributed by atoms with E-state index in [4.69, 9.17) is 4.74 Å². The number of hydrogen-bond donors (Lipinski definition) is 0. The van der Waals surface area contributed by atoms with Gasteiger partial charge in [-0.15, -0.1) is 0 Å². The highest BCUT2D eigenvalue weighted by molar-refractivity contribution is 5.92. The number of rotatable bonds is 1. The Morgan fingerprint density at radius 2 is 2.04 bits per heavy atom. The van der Waals surface area contributed by atoms with Crippen LogP contribution in [0.5, 0.6) is 0 Å². The van der Waals surface area contributed by atoms with Gasteiger partial charge in [0.1, 0.15) is 5.69 Å². The molecular weight excluding hydrogens is 294 g/mol. The quantitative estimate of drug-likeness (QED) is 0.778. The standard InChI is InChI=1S/C17H23N3O3/c1-12-4-3-5-15(18-12)17(22)20-7-6-14-10-19(13(2)21)8-9-23-16(14)11-20/h3-5,14,16H,6-11H2,1-2H3/t14-,16-/m0/s1. The van der Waals surface area contributed by atoms with Crippen molar-refractivity contribution in [1.82, 2.24) is 14.8 Å². The van der Waals surface area contributed by atoms with Gasteiger partial charge in [-0.2, -0.15) is 0 Å². The van der Waals surface area contributed by atoms with Crippen LogP contribution in [0.15, 0.2) is 18.2 Å². The maximum Gasteiger partial charge on any atom is 0.272 e. The van der Waals surface area contributed by atoms with Gasteiger partial charge in [-0.05, 0) is 25.5 Å². The molecule has 2 fully saturated rings. The van der Waals surface area contributed by atoms with Crippen molar-refractivity contribution in [3.05, 3.63) is 29.6 Å². The zero-order valence-electron chi connectivity index (χ0n) is 13.7. The second-order valence-corrected chi connectivity index (χ2v) is 6.34. The molecule has 3 rings (SSSR count). The molecule has 0 N–H and O–H groups in total. The molecule has 2 amide bonds. The SMILES string of the molecule is CC(=O)N1CCO[C@H]2CN(C(=O)c3cccc(C)n3)CC[C@H]2C1. The number of hydrogen-bond acceptors (Lipinski definition) is 4. The minimum Gasteiger partial charge on any atom is -0.374 e. The molecule has 0 aliphatic carbocycles. The number of piperidine rings is 1. The summed E-state index contributed by atoms with van der Waals surface area (Å²) in [5.74, 6) is 0.357. The molecule has 0 saturated carbocycles. The van der Waals surface area contributed by atoms with Crippen molar-refractivity contribution in [3.8, 4) is 0 Å². The summed E-state index contributed by atoms with van der Waals surface area (Å²) in [7, 11) is 0. The van der Waals surface area contributed by atoms with Crippen LogP contribution >= 0.6 is 0 Å². The third-order valence-electron chi connectivity index (χ3n) is 4.68. The molecule has 0 bridgehead atoms. The minimum absolute atomic E-state index is 0.00172. The number of ether oxygens (including phenoxy) is 1. The number of fused-ring (bicyclic) bond motifs is 1. The number of likely N-dealkylation sites (tertiary alicyclic amines) is 1. The molecule has 0 aromatic carbocycles. The predicted molar refractivity (Wildman–Crippen MR) is 85.0 cm³/mol. The third-order valence-corrected chi connectivity index (χ3v) is 4.68. The third kappa shape index (κ3) is 3.52. The zero-order chi connectivity index (χ0) is 16.4. The molecule has 2 atom stereocenters. The second kappa shape index (κ2) is 6.66. The predicted octanol–water partition coefficient (Wildman–Crippen LogP) is 1.10. The molecule has 1 aromatic heterocycles. The zero-order valence-corrected chi connectivity index (χ0v) is 13.7. The van der Waals surface area contributed by atoms with Gasteiger partial charge in [-0.1, -0.05) is 6.07 Å². The average molecular weight is 317 g/mol. The molecule has 6 nitrogen and oxygen atoms in total. The molecule has 0 radical (unpaired) electrons. The summed E-state index contributed by atoms with van der Waals surface area (Å²) in [5, 5.41) is 0. The normalized spacial score (nSPS) is 24.8. The highest BCUT2D eigenvalue weighted by Gasteiger charge is 2.36. The van der Waals surface area contributed by atoms with E-state index < -0.39 is 0 Å². The van der Waals surface area contributed by atoms with Crippen LogP contribution in [0, 0.1) is 12.8 Å². The number of pyridine rings is 1. The maximum atomic E-state index is 12.6. The fourth-order valence-corrected chi connectivity index (χ4v) is 3.35. The Bertz CT molecular complexity index is 605. The molecule has 6 heteroatoms. The number of carbonyl (C=O) groups excluding carboxylic acids is 2. The Hall–Kier alpha value is -1.95. The molecule has 2 aliphatic rings. The Kier molecular flexibility index (Phi) is 4.61. The summed E-state index contributed by atoms with van der Waals surface area (Å²) in [4.78, 5) is 32.2. The summed E-state index contributed by atoms with van der Waals surface area (Å²) < 4.78 is 5.92. The van der Waals surface area contributed by atoms with Crippen LogP contribution in [0.2, 0.25) is 0 Å². The van der Waals surface area contributed by atoms with Crippen molar-refractivity contribution < 1.29 is 14.3 Å². The number of nitrogens with zero attached hydrogens (tertiary/aromatic N) is 3. The van der Waals surface area contributed by atoms with E-state index in [1.165, 1.54) is 0 Å². The van der Waals surface area contributed by atoms with Crippen LogP contribution in [0.3, 0.4) is 0 Å². The molecule has 2 aliphatic heterocycles. The van der Waals surface area contributed by atoms with Crippen LogP contribution in [0.1, 0.15) is 29.5 Å². The number of aryl methyl sites for hydroxylation is 1. The van der Waals surface area contributed by atoms with Gasteiger partial charge in [0.15, 0.2) is 0 Å². The van der Waals surface area contributed by atoms with Crippen LogP contribution in [-0.4, -0.2) is 65.5 Å². The topological polar surface area (TPSA) is 62.7 Å². The lowest BCUT2D eigenvalue weighted by Gasteiger charge is -2.37. The van der Waals surface area contributed by atoms with E-state index in [2.05, 4.69) is 4.98 Å². The van der Waals surface area contributed by atoms with Gasteiger partial charge in [-0.3, -0.25) is 9.59 Å². The largest absolute Gasteiger partial charge is 0.374 e. The van der Waals surface area contributed by atoms with E-state index in [-0.39, 0.29) is 17.9 Å². The van der Waals surface area contributed by atoms with Crippen molar-refractivity contribution in [1.29, 1.82) is 0 Å². The van der Waals surface area contributed by atoms with E-state index in [0.717, 1.165) is 18.7 Å². The van der Waals surface area contributed by atoms with E-state index in [9.17, 15) is 9.59 Å². The summed E-state index contributed by atoms with van der Waals surface area (Å²) >= 11 is 0. The van der Waals surface area contributed by atoms with Crippen LogP contribution in [0.4, 0.5) is 0 Å². The van der Waals surface area contributed by atoms with Gasteiger partial charge < -0.3 is 14.5 Å². The number of amides is 2. The van der Waals surface area contributed by atoms with Crippen LogP contribution < -0.4 is 0 Å². The van der Waals surface area contributed by atoms with Gasteiger partial charge in [0.05, 0.1) is 12.7 Å². The molecule has 0 spiro atoms. The smallest absolute Gasteiger partial charge is 0.272 e. The molecular formula is C17H23N3O3. The summed E-state index contributed by atoms with van der Waals surface area (Å²) in [6, 6.07) is 5.50. The molecule has 2 saturated heterocycles. The lowest BCUT2D eigenvalue weighted by molar-refractivity contribution is -0.129. The van der Waals surface area contributed by atoms with Gasteiger partial charge in [0.2, 0.25) is 5.91 Å². The lowest BCUT2D eigenvalue weighted by Crippen LogP contribution is -2.49. The molecule has 124 valence electrons. The first kappa shape index (κ1) is 15.9. The average Bonchev–Trinajstić information content (AvgIpc) is 2.75. The fourth-order valence-electron chi connectivity index (χ4n) is 3.35. The first-order valence-corrected chi connectivity index (χ1v) is 8.14. The second-order valence-electron chi connectivity index (χ2n) is 6.34. The number of carbonyl (C=O) groups is 2. The van der Waals surface area contributed by atoms with Crippen LogP contribution in [-0.2, 0) is 9.53 Å². The first-order chi connectivity index (χ1) is 11.0. The van der Waals surface area contributed by atoms with Crippen molar-refractivity contribution in [2.24, 2.45) is 5.92 Å². The minimum atomic E-state index is -0.0385. The van der Waals surface area contributed by atoms with E-state index in [0.29, 0.717) is 37.9 Å². The van der Waals surface area contributed by atoms with Gasteiger partial charge >= 0.3 is 0 Å². The first-order valence-electron chi connectivity index (χ1n) is 8.14. The Morgan fingerprint density at radius 1 is 1.22 bits per heavy atom. The molecule has 1 aromatic rings. The van der Waals surface area contributed by atoms with Gasteiger partial charge in [0.25, 0.3) is 5.91 Å². The van der Waals surface area contributed by atoms with Crippen LogP contribution in [0.25, 0.3) is 0 Å². The van der Waals surface area contributed by atoms with Crippen molar-refractivity contribution >= 4 is 11.8 Å². The maximum absolute atomic E-state index is 12.6. The Labute approximate surface area is 136 Å². The Morgan fingerprint density at radius 3 is 2.78 bits per heavy atom. The highest BCUT2D eigenvalue weighted by Crippen LogP contribution is 2.25. The van der Waals surface area contributed by atoms with Crippen molar-refractivity contribution in [2.45, 2.75) is 26.4 Å². The van der Waals surface area contributed by atoms with E-state index in [1.807, 2.05) is 28.9 Å². The molecule has 0 unspecified atom stereocenters. The van der Waals surface area contributed by atoms with Gasteiger partial charge in [-0.25, -0.2) is 4.98 Å². The summed E-state index contributed by atoms with van der Waals surface area (Å²) in [5.41, 5.74) is 1.33. The monoisotopic (exact) mass is 317 g/mol. The van der Waals surface area contributed by atoms with Crippen molar-refractivity contribution in [2.75, 3.05) is 32.8 Å². The summed E-state index contributed by atoms with van der Waals surface area (Å²) in [6.07, 6.45) is 0.855. The molecule has 3 heterocycles. The fraction of sp³-hybridized carbons (Fsp3) is 0.588. The number of aromatic nitrogens is 1. The Balaban J connectivity index is 1.68. The summed E-state index contributed by atoms with van der Waals surface area (Å²) in [6.45, 7) is 6.64. The van der Waals surface area contributed by atoms with E-state index >= 15 is 0 Å². The lowest BCUT2D eigenvalue weighted by atomic mass is 9.93. The van der Waals surface area contributed by atoms with Crippen molar-refractivity contribution in [3.63, 3.8) is 0 Å². The highest BCUT2D eigenvalue weighted by atomic mass is 16.5. The van der Waals surface area contributed by atoms with E-state index in [1.54, 1.807) is 13.0 Å².